The molecule has 0 aromatic rings. The minimum atomic E-state index is 0.232. The van der Waals surface area contributed by atoms with Crippen molar-refractivity contribution in [2.24, 2.45) is 17.3 Å². The summed E-state index contributed by atoms with van der Waals surface area (Å²) in [5, 5.41) is 0. The second-order valence-electron chi connectivity index (χ2n) is 9.66. The van der Waals surface area contributed by atoms with Crippen molar-refractivity contribution in [1.82, 2.24) is 0 Å². The van der Waals surface area contributed by atoms with Crippen molar-refractivity contribution in [2.75, 3.05) is 0 Å². The molecule has 0 spiro atoms. The smallest absolute Gasteiger partial charge is 0.162 e. The van der Waals surface area contributed by atoms with Crippen LogP contribution in [0, 0.1) is 17.3 Å². The minimum absolute atomic E-state index is 0.232. The van der Waals surface area contributed by atoms with Crippen molar-refractivity contribution in [3.05, 3.63) is 11.1 Å². The number of hydrogen-bond donors (Lipinski definition) is 0. The number of ketones is 1. The second kappa shape index (κ2) is 14.4. The molecule has 1 rings (SSSR count). The standard InChI is InChI=1S/C28H52O/c1-7-13-17-22-28(21-16-10-4)25(19-14-8-2)24(18-11-5)23(12-6)27(29)26(28)20-15-9-3/h25-26H,7-22H2,1-6H3. The lowest BCUT2D eigenvalue weighted by Gasteiger charge is -2.52. The molecule has 29 heavy (non-hydrogen) atoms. The van der Waals surface area contributed by atoms with Gasteiger partial charge in [-0.05, 0) is 55.4 Å². The monoisotopic (exact) mass is 404 g/mol. The van der Waals surface area contributed by atoms with Crippen LogP contribution in [0.4, 0.5) is 0 Å². The second-order valence-corrected chi connectivity index (χ2v) is 9.66. The van der Waals surface area contributed by atoms with Gasteiger partial charge in [0.15, 0.2) is 5.78 Å². The summed E-state index contributed by atoms with van der Waals surface area (Å²) in [5.74, 6) is 1.49. The average molecular weight is 405 g/mol. The molecule has 1 aliphatic carbocycles. The molecule has 1 nitrogen and oxygen atoms in total. The molecule has 0 radical (unpaired) electrons. The molecule has 0 saturated carbocycles. The first kappa shape index (κ1) is 26.4. The van der Waals surface area contributed by atoms with Crippen LogP contribution < -0.4 is 0 Å². The van der Waals surface area contributed by atoms with Gasteiger partial charge >= 0.3 is 0 Å². The Bertz CT molecular complexity index is 489. The third-order valence-corrected chi connectivity index (χ3v) is 7.62. The molecule has 0 amide bonds. The van der Waals surface area contributed by atoms with Gasteiger partial charge in [-0.3, -0.25) is 4.79 Å². The summed E-state index contributed by atoms with van der Waals surface area (Å²) in [7, 11) is 0. The zero-order chi connectivity index (χ0) is 21.7. The van der Waals surface area contributed by atoms with E-state index in [-0.39, 0.29) is 11.3 Å². The Morgan fingerprint density at radius 3 is 1.72 bits per heavy atom. The maximum absolute atomic E-state index is 13.9. The maximum atomic E-state index is 13.9. The van der Waals surface area contributed by atoms with Gasteiger partial charge in [0.25, 0.3) is 0 Å². The Labute approximate surface area is 183 Å². The lowest BCUT2D eigenvalue weighted by molar-refractivity contribution is -0.128. The minimum Gasteiger partial charge on any atom is -0.294 e. The first-order valence-electron chi connectivity index (χ1n) is 13.3. The molecular weight excluding hydrogens is 352 g/mol. The van der Waals surface area contributed by atoms with Crippen LogP contribution in [0.15, 0.2) is 11.1 Å². The van der Waals surface area contributed by atoms with Gasteiger partial charge in [0.2, 0.25) is 0 Å². The topological polar surface area (TPSA) is 17.1 Å². The zero-order valence-electron chi connectivity index (χ0n) is 20.9. The van der Waals surface area contributed by atoms with Gasteiger partial charge in [0.05, 0.1) is 0 Å². The molecule has 1 aliphatic rings. The summed E-state index contributed by atoms with van der Waals surface area (Å²) < 4.78 is 0. The van der Waals surface area contributed by atoms with Gasteiger partial charge < -0.3 is 0 Å². The van der Waals surface area contributed by atoms with Crippen LogP contribution in [0.2, 0.25) is 0 Å². The van der Waals surface area contributed by atoms with E-state index in [4.69, 9.17) is 0 Å². The van der Waals surface area contributed by atoms with E-state index in [9.17, 15) is 4.79 Å². The van der Waals surface area contributed by atoms with Gasteiger partial charge in [-0.15, -0.1) is 0 Å². The number of carbonyl (C=O) groups is 1. The quantitative estimate of drug-likeness (QED) is 0.234. The molecule has 3 unspecified atom stereocenters. The Morgan fingerprint density at radius 2 is 1.21 bits per heavy atom. The number of Topliss-reactive ketones (excluding diaryl/α,β-unsaturated/α-hetero) is 1. The Morgan fingerprint density at radius 1 is 0.655 bits per heavy atom. The lowest BCUT2D eigenvalue weighted by Crippen LogP contribution is -2.47. The molecule has 0 bridgehead atoms. The average Bonchev–Trinajstić information content (AvgIpc) is 2.72. The number of allylic oxidation sites excluding steroid dienone is 2. The van der Waals surface area contributed by atoms with Crippen LogP contribution in [0.5, 0.6) is 0 Å². The highest BCUT2D eigenvalue weighted by molar-refractivity contribution is 5.99. The highest BCUT2D eigenvalue weighted by Gasteiger charge is 2.51. The molecule has 0 saturated heterocycles. The van der Waals surface area contributed by atoms with Crippen LogP contribution in [-0.2, 0) is 4.79 Å². The van der Waals surface area contributed by atoms with Crippen molar-refractivity contribution in [3.8, 4) is 0 Å². The Balaban J connectivity index is 3.56. The Hall–Kier alpha value is -0.590. The van der Waals surface area contributed by atoms with E-state index in [1.807, 2.05) is 0 Å². The predicted octanol–water partition coefficient (Wildman–Crippen LogP) is 9.45. The normalized spacial score (nSPS) is 25.1. The van der Waals surface area contributed by atoms with E-state index in [2.05, 4.69) is 41.5 Å². The van der Waals surface area contributed by atoms with Crippen LogP contribution >= 0.6 is 0 Å². The molecule has 170 valence electrons. The molecule has 0 heterocycles. The van der Waals surface area contributed by atoms with Crippen molar-refractivity contribution >= 4 is 5.78 Å². The molecule has 0 fully saturated rings. The third kappa shape index (κ3) is 6.70. The molecule has 0 aromatic heterocycles. The molecule has 3 atom stereocenters. The van der Waals surface area contributed by atoms with Gasteiger partial charge in [-0.1, -0.05) is 111 Å². The van der Waals surface area contributed by atoms with Crippen molar-refractivity contribution in [2.45, 2.75) is 144 Å². The van der Waals surface area contributed by atoms with Crippen LogP contribution in [0.25, 0.3) is 0 Å². The summed E-state index contributed by atoms with van der Waals surface area (Å²) in [4.78, 5) is 13.9. The predicted molar refractivity (Wildman–Crippen MR) is 129 cm³/mol. The van der Waals surface area contributed by atoms with E-state index in [1.54, 1.807) is 5.57 Å². The van der Waals surface area contributed by atoms with Gasteiger partial charge in [0.1, 0.15) is 0 Å². The summed E-state index contributed by atoms with van der Waals surface area (Å²) in [5.41, 5.74) is 3.07. The number of rotatable bonds is 16. The number of carbonyl (C=O) groups excluding carboxylic acids is 1. The SMILES string of the molecule is CCCCCC1(CCCC)C(CCCC)C(=O)C(CC)=C(CCC)C1CCCC. The zero-order valence-corrected chi connectivity index (χ0v) is 20.9. The largest absolute Gasteiger partial charge is 0.294 e. The van der Waals surface area contributed by atoms with Crippen LogP contribution in [-0.4, -0.2) is 5.78 Å². The van der Waals surface area contributed by atoms with E-state index in [0.717, 1.165) is 19.3 Å². The highest BCUT2D eigenvalue weighted by atomic mass is 16.1. The van der Waals surface area contributed by atoms with E-state index < -0.39 is 0 Å². The number of unbranched alkanes of at least 4 members (excludes halogenated alkanes) is 5. The van der Waals surface area contributed by atoms with Crippen molar-refractivity contribution in [3.63, 3.8) is 0 Å². The fourth-order valence-corrected chi connectivity index (χ4v) is 6.15. The highest BCUT2D eigenvalue weighted by Crippen LogP contribution is 2.57. The molecule has 1 heteroatoms. The molecule has 0 aliphatic heterocycles. The van der Waals surface area contributed by atoms with Gasteiger partial charge in [-0.2, -0.15) is 0 Å². The molecule has 0 aromatic carbocycles. The molecule has 0 N–H and O–H groups in total. The number of hydrogen-bond acceptors (Lipinski definition) is 1. The fourth-order valence-electron chi connectivity index (χ4n) is 6.15. The summed E-state index contributed by atoms with van der Waals surface area (Å²) in [6.45, 7) is 13.8. The summed E-state index contributed by atoms with van der Waals surface area (Å²) in [6.07, 6.45) is 19.7. The van der Waals surface area contributed by atoms with Gasteiger partial charge in [0, 0.05) is 5.92 Å². The van der Waals surface area contributed by atoms with Crippen LogP contribution in [0.3, 0.4) is 0 Å². The lowest BCUT2D eigenvalue weighted by atomic mass is 9.51. The third-order valence-electron chi connectivity index (χ3n) is 7.62. The van der Waals surface area contributed by atoms with E-state index in [1.165, 1.54) is 89.0 Å². The van der Waals surface area contributed by atoms with E-state index in [0.29, 0.717) is 11.7 Å². The van der Waals surface area contributed by atoms with E-state index >= 15 is 0 Å². The van der Waals surface area contributed by atoms with Crippen LogP contribution in [0.1, 0.15) is 144 Å². The van der Waals surface area contributed by atoms with Gasteiger partial charge in [-0.25, -0.2) is 0 Å². The summed E-state index contributed by atoms with van der Waals surface area (Å²) in [6, 6.07) is 0. The van der Waals surface area contributed by atoms with Crippen molar-refractivity contribution < 1.29 is 4.79 Å². The first-order valence-corrected chi connectivity index (χ1v) is 13.3. The Kier molecular flexibility index (Phi) is 13.2. The maximum Gasteiger partial charge on any atom is 0.162 e. The first-order chi connectivity index (χ1) is 14.1. The summed E-state index contributed by atoms with van der Waals surface area (Å²) >= 11 is 0. The fraction of sp³-hybridized carbons (Fsp3) is 0.893. The molecular formula is C28H52O. The van der Waals surface area contributed by atoms with Crippen molar-refractivity contribution in [1.29, 1.82) is 0 Å².